The van der Waals surface area contributed by atoms with Crippen molar-refractivity contribution in [1.82, 2.24) is 4.98 Å². The molecule has 206 valence electrons. The average Bonchev–Trinajstić information content (AvgIpc) is 3.38. The van der Waals surface area contributed by atoms with Crippen molar-refractivity contribution < 1.29 is 23.8 Å². The van der Waals surface area contributed by atoms with Gasteiger partial charge in [-0.1, -0.05) is 61.5 Å². The highest BCUT2D eigenvalue weighted by atomic mass is 16.6. The molecule has 0 N–H and O–H groups in total. The number of hydrogen-bond acceptors (Lipinski definition) is 7. The molecular formula is C33H34N2O5. The Labute approximate surface area is 234 Å². The third-order valence-corrected chi connectivity index (χ3v) is 7.25. The summed E-state index contributed by atoms with van der Waals surface area (Å²) in [7, 11) is 1.35. The number of aryl methyl sites for hydroxylation is 2. The second-order valence-electron chi connectivity index (χ2n) is 10.4. The van der Waals surface area contributed by atoms with Crippen LogP contribution in [0.5, 0.6) is 11.5 Å². The minimum absolute atomic E-state index is 0.00753. The molecule has 2 unspecified atom stereocenters. The van der Waals surface area contributed by atoms with E-state index < -0.39 is 5.97 Å². The van der Waals surface area contributed by atoms with Crippen LogP contribution < -0.4 is 9.47 Å². The van der Waals surface area contributed by atoms with Crippen molar-refractivity contribution in [2.24, 2.45) is 17.0 Å². The number of para-hydroxylation sites is 1. The van der Waals surface area contributed by atoms with E-state index >= 15 is 0 Å². The molecule has 7 nitrogen and oxygen atoms in total. The maximum atomic E-state index is 11.8. The molecule has 1 aliphatic heterocycles. The zero-order valence-electron chi connectivity index (χ0n) is 23.5. The van der Waals surface area contributed by atoms with Crippen LogP contribution >= 0.6 is 0 Å². The fraction of sp³-hybridized carbons (Fsp3) is 0.303. The van der Waals surface area contributed by atoms with Crippen molar-refractivity contribution in [2.45, 2.75) is 33.8 Å². The van der Waals surface area contributed by atoms with E-state index in [2.05, 4.69) is 30.1 Å². The molecule has 3 aromatic carbocycles. The van der Waals surface area contributed by atoms with Crippen molar-refractivity contribution in [1.29, 1.82) is 0 Å². The van der Waals surface area contributed by atoms with Gasteiger partial charge in [-0.2, -0.15) is 0 Å². The summed E-state index contributed by atoms with van der Waals surface area (Å²) < 4.78 is 17.2. The quantitative estimate of drug-likeness (QED) is 0.218. The molecule has 2 atom stereocenters. The van der Waals surface area contributed by atoms with Gasteiger partial charge in [0.05, 0.1) is 18.5 Å². The van der Waals surface area contributed by atoms with Gasteiger partial charge in [0.1, 0.15) is 42.2 Å². The number of rotatable bonds is 9. The van der Waals surface area contributed by atoms with Crippen molar-refractivity contribution in [3.63, 3.8) is 0 Å². The van der Waals surface area contributed by atoms with Gasteiger partial charge in [-0.3, -0.25) is 0 Å². The Hall–Kier alpha value is -4.39. The van der Waals surface area contributed by atoms with E-state index in [1.807, 2.05) is 74.5 Å². The Morgan fingerprint density at radius 3 is 2.35 bits per heavy atom. The number of pyridine rings is 1. The summed E-state index contributed by atoms with van der Waals surface area (Å²) in [4.78, 5) is 22.0. The highest BCUT2D eigenvalue weighted by Crippen LogP contribution is 2.30. The zero-order chi connectivity index (χ0) is 28.2. The minimum atomic E-state index is -0.447. The summed E-state index contributed by atoms with van der Waals surface area (Å²) in [6.07, 6.45) is -0.0678. The van der Waals surface area contributed by atoms with Crippen LogP contribution in [0, 0.1) is 25.7 Å². The summed E-state index contributed by atoms with van der Waals surface area (Å²) >= 11 is 0. The van der Waals surface area contributed by atoms with Gasteiger partial charge in [0.2, 0.25) is 0 Å². The lowest BCUT2D eigenvalue weighted by Crippen LogP contribution is -2.35. The number of hydrogen-bond donors (Lipinski definition) is 0. The van der Waals surface area contributed by atoms with Gasteiger partial charge in [0.25, 0.3) is 0 Å². The van der Waals surface area contributed by atoms with Crippen molar-refractivity contribution in [3.8, 4) is 22.6 Å². The van der Waals surface area contributed by atoms with E-state index in [0.717, 1.165) is 50.4 Å². The van der Waals surface area contributed by atoms with Gasteiger partial charge in [-0.05, 0) is 72.4 Å². The smallest absolute Gasteiger partial charge is 0.356 e. The van der Waals surface area contributed by atoms with Crippen LogP contribution in [-0.2, 0) is 9.57 Å². The molecule has 1 aliphatic rings. The lowest BCUT2D eigenvalue weighted by atomic mass is 9.91. The molecule has 1 aromatic heterocycles. The van der Waals surface area contributed by atoms with Gasteiger partial charge in [0.15, 0.2) is 0 Å². The zero-order valence-corrected chi connectivity index (χ0v) is 23.5. The van der Waals surface area contributed by atoms with Crippen LogP contribution in [0.1, 0.15) is 35.5 Å². The first-order valence-corrected chi connectivity index (χ1v) is 13.5. The standard InChI is InChI=1S/C33H34N2O5/c1-20(2)31-27(30(35-40-31)19-39-32-21(3)7-6-8-22(32)4)18-38-26-13-9-23(10-14-26)24-11-15-28-25(17-24)12-16-29(34-28)33(36)37-5/h6-17,20,27,31H,18-19H2,1-5H3. The van der Waals surface area contributed by atoms with Gasteiger partial charge in [0, 0.05) is 5.39 Å². The fourth-order valence-corrected chi connectivity index (χ4v) is 5.00. The number of oxime groups is 1. The van der Waals surface area contributed by atoms with Crippen LogP contribution in [0.4, 0.5) is 0 Å². The number of fused-ring (bicyclic) bond motifs is 1. The highest BCUT2D eigenvalue weighted by molar-refractivity contribution is 5.92. The SMILES string of the molecule is COC(=O)c1ccc2cc(-c3ccc(OCC4C(COc5c(C)cccc5C)=NOC4C(C)C)cc3)ccc2n1. The number of methoxy groups -OCH3 is 1. The van der Waals surface area contributed by atoms with Gasteiger partial charge < -0.3 is 19.0 Å². The monoisotopic (exact) mass is 538 g/mol. The molecule has 0 amide bonds. The van der Waals surface area contributed by atoms with Crippen LogP contribution in [0.2, 0.25) is 0 Å². The summed E-state index contributed by atoms with van der Waals surface area (Å²) in [6.45, 7) is 9.17. The van der Waals surface area contributed by atoms with Crippen LogP contribution in [0.15, 0.2) is 78.0 Å². The second kappa shape index (κ2) is 11.8. The molecule has 0 saturated heterocycles. The van der Waals surface area contributed by atoms with E-state index in [9.17, 15) is 4.79 Å². The summed E-state index contributed by atoms with van der Waals surface area (Å²) in [5, 5.41) is 5.33. The molecule has 0 aliphatic carbocycles. The van der Waals surface area contributed by atoms with Gasteiger partial charge >= 0.3 is 5.97 Å². The molecule has 0 bridgehead atoms. The first-order valence-electron chi connectivity index (χ1n) is 13.5. The van der Waals surface area contributed by atoms with E-state index in [4.69, 9.17) is 19.0 Å². The van der Waals surface area contributed by atoms with E-state index in [1.165, 1.54) is 7.11 Å². The number of esters is 1. The number of ether oxygens (including phenoxy) is 3. The Balaban J connectivity index is 1.25. The molecule has 7 heteroatoms. The number of carbonyl (C=O) groups excluding carboxylic acids is 1. The molecular weight excluding hydrogens is 504 g/mol. The number of nitrogens with zero attached hydrogens (tertiary/aromatic N) is 2. The molecule has 0 saturated carbocycles. The lowest BCUT2D eigenvalue weighted by Gasteiger charge is -2.22. The van der Waals surface area contributed by atoms with E-state index in [-0.39, 0.29) is 17.9 Å². The van der Waals surface area contributed by atoms with Crippen LogP contribution in [-0.4, -0.2) is 43.1 Å². The van der Waals surface area contributed by atoms with E-state index in [1.54, 1.807) is 6.07 Å². The van der Waals surface area contributed by atoms with E-state index in [0.29, 0.717) is 18.9 Å². The van der Waals surface area contributed by atoms with Crippen molar-refractivity contribution >= 4 is 22.6 Å². The largest absolute Gasteiger partial charge is 0.493 e. The fourth-order valence-electron chi connectivity index (χ4n) is 5.00. The highest BCUT2D eigenvalue weighted by Gasteiger charge is 2.37. The molecule has 4 aromatic rings. The first-order chi connectivity index (χ1) is 19.3. The normalized spacial score (nSPS) is 16.5. The molecule has 0 fully saturated rings. The summed E-state index contributed by atoms with van der Waals surface area (Å²) in [5.74, 6) is 1.49. The lowest BCUT2D eigenvalue weighted by molar-refractivity contribution is 0.0177. The van der Waals surface area contributed by atoms with Gasteiger partial charge in [-0.25, -0.2) is 9.78 Å². The Morgan fingerprint density at radius 2 is 1.65 bits per heavy atom. The maximum absolute atomic E-state index is 11.8. The topological polar surface area (TPSA) is 79.2 Å². The Bertz CT molecular complexity index is 1520. The third-order valence-electron chi connectivity index (χ3n) is 7.25. The molecule has 0 spiro atoms. The number of benzene rings is 3. The first kappa shape index (κ1) is 27.2. The Kier molecular flexibility index (Phi) is 8.01. The molecule has 5 rings (SSSR count). The van der Waals surface area contributed by atoms with Crippen LogP contribution in [0.3, 0.4) is 0 Å². The minimum Gasteiger partial charge on any atom is -0.493 e. The number of carbonyl (C=O) groups is 1. The predicted molar refractivity (Wildman–Crippen MR) is 156 cm³/mol. The average molecular weight is 539 g/mol. The van der Waals surface area contributed by atoms with Crippen molar-refractivity contribution in [2.75, 3.05) is 20.3 Å². The molecule has 0 radical (unpaired) electrons. The number of aromatic nitrogens is 1. The predicted octanol–water partition coefficient (Wildman–Crippen LogP) is 6.79. The summed E-state index contributed by atoms with van der Waals surface area (Å²) in [5.41, 5.74) is 6.19. The van der Waals surface area contributed by atoms with Crippen molar-refractivity contribution in [3.05, 3.63) is 89.6 Å². The van der Waals surface area contributed by atoms with Crippen LogP contribution in [0.25, 0.3) is 22.0 Å². The van der Waals surface area contributed by atoms with Gasteiger partial charge in [-0.15, -0.1) is 0 Å². The molecule has 2 heterocycles. The maximum Gasteiger partial charge on any atom is 0.356 e. The Morgan fingerprint density at radius 1 is 0.925 bits per heavy atom. The third kappa shape index (κ3) is 5.78. The summed E-state index contributed by atoms with van der Waals surface area (Å²) in [6, 6.07) is 23.7. The molecule has 40 heavy (non-hydrogen) atoms. The second-order valence-corrected chi connectivity index (χ2v) is 10.4.